The molecule has 0 bridgehead atoms. The van der Waals surface area contributed by atoms with Crippen molar-refractivity contribution in [1.82, 2.24) is 5.32 Å². The summed E-state index contributed by atoms with van der Waals surface area (Å²) in [4.78, 5) is 34.4. The summed E-state index contributed by atoms with van der Waals surface area (Å²) in [6, 6.07) is 15.0. The van der Waals surface area contributed by atoms with Crippen molar-refractivity contribution in [3.63, 3.8) is 0 Å². The Morgan fingerprint density at radius 2 is 1.90 bits per heavy atom. The van der Waals surface area contributed by atoms with Gasteiger partial charge >= 0.3 is 0 Å². The standard InChI is InChI=1S/C19H17N5O4S/c1-12(13-5-3-2-4-6-13)22-23-19-21-18(26)16(29-19)11-17(25)20-14-7-9-15(10-8-14)24(27)28/h2-10,16H,11H2,1H3,(H,20,25)(H,21,23,26)/b22-12+. The fraction of sp³-hybridized carbons (Fsp3) is 0.158. The Morgan fingerprint density at radius 1 is 1.21 bits per heavy atom. The molecule has 2 amide bonds. The number of carbonyl (C=O) groups is 2. The van der Waals surface area contributed by atoms with Gasteiger partial charge < -0.3 is 10.6 Å². The molecule has 29 heavy (non-hydrogen) atoms. The Bertz CT molecular complexity index is 989. The number of carbonyl (C=O) groups excluding carboxylic acids is 2. The number of rotatable bonds is 6. The number of anilines is 1. The molecule has 1 aliphatic heterocycles. The van der Waals surface area contributed by atoms with Crippen LogP contribution in [0.5, 0.6) is 0 Å². The number of benzene rings is 2. The molecule has 0 saturated carbocycles. The van der Waals surface area contributed by atoms with E-state index >= 15 is 0 Å². The molecule has 2 aromatic carbocycles. The number of hydrogen-bond acceptors (Lipinski definition) is 7. The molecule has 1 aliphatic rings. The number of amides is 2. The van der Waals surface area contributed by atoms with E-state index in [1.165, 1.54) is 24.3 Å². The number of nitro benzene ring substituents is 1. The fourth-order valence-corrected chi connectivity index (χ4v) is 3.41. The number of non-ortho nitro benzene ring substituents is 1. The second-order valence-electron chi connectivity index (χ2n) is 6.11. The summed E-state index contributed by atoms with van der Waals surface area (Å²) >= 11 is 1.13. The smallest absolute Gasteiger partial charge is 0.269 e. The highest BCUT2D eigenvalue weighted by Gasteiger charge is 2.32. The maximum Gasteiger partial charge on any atom is 0.269 e. The van der Waals surface area contributed by atoms with Crippen LogP contribution < -0.4 is 10.6 Å². The number of nitro groups is 1. The van der Waals surface area contributed by atoms with Crippen LogP contribution in [0.4, 0.5) is 11.4 Å². The van der Waals surface area contributed by atoms with Gasteiger partial charge in [0.25, 0.3) is 5.69 Å². The minimum absolute atomic E-state index is 0.0616. The quantitative estimate of drug-likeness (QED) is 0.429. The summed E-state index contributed by atoms with van der Waals surface area (Å²) in [5.74, 6) is -0.697. The van der Waals surface area contributed by atoms with Crippen molar-refractivity contribution in [2.75, 3.05) is 5.32 Å². The highest BCUT2D eigenvalue weighted by atomic mass is 32.2. The Balaban J connectivity index is 1.57. The van der Waals surface area contributed by atoms with Gasteiger partial charge in [0.15, 0.2) is 5.17 Å². The molecule has 1 heterocycles. The van der Waals surface area contributed by atoms with E-state index < -0.39 is 10.2 Å². The zero-order valence-corrected chi connectivity index (χ0v) is 16.2. The lowest BCUT2D eigenvalue weighted by Gasteiger charge is -2.07. The summed E-state index contributed by atoms with van der Waals surface area (Å²) in [6.07, 6.45) is -0.0616. The van der Waals surface area contributed by atoms with Gasteiger partial charge in [-0.2, -0.15) is 5.10 Å². The predicted octanol–water partition coefficient (Wildman–Crippen LogP) is 2.94. The summed E-state index contributed by atoms with van der Waals surface area (Å²) in [5, 5.41) is 23.8. The molecular weight excluding hydrogens is 394 g/mol. The number of nitrogens with zero attached hydrogens (tertiary/aromatic N) is 3. The van der Waals surface area contributed by atoms with Crippen LogP contribution in [0.2, 0.25) is 0 Å². The van der Waals surface area contributed by atoms with Crippen molar-refractivity contribution in [2.45, 2.75) is 18.6 Å². The van der Waals surface area contributed by atoms with Crippen LogP contribution in [0.3, 0.4) is 0 Å². The maximum atomic E-state index is 12.2. The molecule has 0 spiro atoms. The molecule has 0 radical (unpaired) electrons. The third kappa shape index (κ3) is 5.48. The topological polar surface area (TPSA) is 126 Å². The van der Waals surface area contributed by atoms with Gasteiger partial charge in [-0.15, -0.1) is 5.10 Å². The molecule has 10 heteroatoms. The molecular formula is C19H17N5O4S. The van der Waals surface area contributed by atoms with E-state index in [2.05, 4.69) is 20.8 Å². The van der Waals surface area contributed by atoms with Crippen molar-refractivity contribution in [2.24, 2.45) is 10.2 Å². The molecule has 1 saturated heterocycles. The van der Waals surface area contributed by atoms with E-state index in [0.29, 0.717) is 16.6 Å². The Morgan fingerprint density at radius 3 is 2.55 bits per heavy atom. The highest BCUT2D eigenvalue weighted by molar-refractivity contribution is 8.15. The number of hydrogen-bond donors (Lipinski definition) is 2. The van der Waals surface area contributed by atoms with Crippen molar-refractivity contribution < 1.29 is 14.5 Å². The lowest BCUT2D eigenvalue weighted by molar-refractivity contribution is -0.384. The Hall–Kier alpha value is -3.53. The number of thioether (sulfide) groups is 1. The zero-order valence-electron chi connectivity index (χ0n) is 15.4. The SMILES string of the molecule is C/C(=N\N=C1/NC(=O)C(CC(=O)Nc2ccc([N+](=O)[O-])cc2)S1)c1ccccc1. The van der Waals surface area contributed by atoms with Crippen molar-refractivity contribution >= 4 is 45.8 Å². The lowest BCUT2D eigenvalue weighted by atomic mass is 10.1. The average Bonchev–Trinajstić information content (AvgIpc) is 3.06. The molecule has 1 atom stereocenters. The van der Waals surface area contributed by atoms with Gasteiger partial charge in [-0.1, -0.05) is 42.1 Å². The van der Waals surface area contributed by atoms with E-state index in [1.807, 2.05) is 37.3 Å². The molecule has 1 fully saturated rings. The minimum atomic E-state index is -0.626. The first-order valence-corrected chi connectivity index (χ1v) is 9.50. The van der Waals surface area contributed by atoms with Gasteiger partial charge in [-0.3, -0.25) is 19.7 Å². The van der Waals surface area contributed by atoms with E-state index in [9.17, 15) is 19.7 Å². The molecule has 148 valence electrons. The largest absolute Gasteiger partial charge is 0.326 e. The first kappa shape index (κ1) is 20.2. The van der Waals surface area contributed by atoms with E-state index in [1.54, 1.807) is 0 Å². The molecule has 9 nitrogen and oxygen atoms in total. The zero-order chi connectivity index (χ0) is 20.8. The lowest BCUT2D eigenvalue weighted by Crippen LogP contribution is -2.28. The van der Waals surface area contributed by atoms with Crippen LogP contribution in [0.15, 0.2) is 64.8 Å². The van der Waals surface area contributed by atoms with Crippen LogP contribution >= 0.6 is 11.8 Å². The van der Waals surface area contributed by atoms with Gasteiger partial charge in [0, 0.05) is 24.2 Å². The molecule has 2 aromatic rings. The van der Waals surface area contributed by atoms with Crippen molar-refractivity contribution in [1.29, 1.82) is 0 Å². The van der Waals surface area contributed by atoms with E-state index in [-0.39, 0.29) is 23.9 Å². The molecule has 0 aromatic heterocycles. The second-order valence-corrected chi connectivity index (χ2v) is 7.30. The van der Waals surface area contributed by atoms with Crippen LogP contribution in [-0.4, -0.2) is 32.9 Å². The van der Waals surface area contributed by atoms with Gasteiger partial charge in [0.1, 0.15) is 5.25 Å². The summed E-state index contributed by atoms with van der Waals surface area (Å²) < 4.78 is 0. The maximum absolute atomic E-state index is 12.2. The van der Waals surface area contributed by atoms with Gasteiger partial charge in [-0.05, 0) is 24.6 Å². The molecule has 0 aliphatic carbocycles. The van der Waals surface area contributed by atoms with Crippen molar-refractivity contribution in [3.05, 3.63) is 70.3 Å². The fourth-order valence-electron chi connectivity index (χ4n) is 2.49. The molecule has 1 unspecified atom stereocenters. The molecule has 3 rings (SSSR count). The summed E-state index contributed by atoms with van der Waals surface area (Å²) in [5.41, 5.74) is 1.97. The van der Waals surface area contributed by atoms with Gasteiger partial charge in [0.05, 0.1) is 10.6 Å². The third-order valence-corrected chi connectivity index (χ3v) is 5.06. The number of nitrogens with one attached hydrogen (secondary N) is 2. The van der Waals surface area contributed by atoms with E-state index in [4.69, 9.17) is 0 Å². The van der Waals surface area contributed by atoms with Crippen molar-refractivity contribution in [3.8, 4) is 0 Å². The van der Waals surface area contributed by atoms with Crippen LogP contribution in [0, 0.1) is 10.1 Å². The van der Waals surface area contributed by atoms with Gasteiger partial charge in [0.2, 0.25) is 11.8 Å². The average molecular weight is 411 g/mol. The number of amidine groups is 1. The van der Waals surface area contributed by atoms with E-state index in [0.717, 1.165) is 17.3 Å². The summed E-state index contributed by atoms with van der Waals surface area (Å²) in [7, 11) is 0. The minimum Gasteiger partial charge on any atom is -0.326 e. The van der Waals surface area contributed by atoms with Gasteiger partial charge in [-0.25, -0.2) is 0 Å². The van der Waals surface area contributed by atoms with Crippen LogP contribution in [-0.2, 0) is 9.59 Å². The summed E-state index contributed by atoms with van der Waals surface area (Å²) in [6.45, 7) is 1.82. The highest BCUT2D eigenvalue weighted by Crippen LogP contribution is 2.23. The monoisotopic (exact) mass is 411 g/mol. The normalized spacial score (nSPS) is 17.8. The Kier molecular flexibility index (Phi) is 6.35. The molecule has 2 N–H and O–H groups in total. The first-order valence-electron chi connectivity index (χ1n) is 8.62. The van der Waals surface area contributed by atoms with Crippen LogP contribution in [0.1, 0.15) is 18.9 Å². The Labute approximate surface area is 170 Å². The first-order chi connectivity index (χ1) is 13.9. The third-order valence-electron chi connectivity index (χ3n) is 3.99. The predicted molar refractivity (Wildman–Crippen MR) is 112 cm³/mol. The second kappa shape index (κ2) is 9.11. The van der Waals surface area contributed by atoms with Crippen LogP contribution in [0.25, 0.3) is 0 Å².